The molecule has 0 aliphatic heterocycles. The van der Waals surface area contributed by atoms with Crippen LogP contribution in [0.4, 0.5) is 0 Å². The molecule has 126 valence electrons. The number of hydrogen-bond acceptors (Lipinski definition) is 7. The van der Waals surface area contributed by atoms with E-state index in [9.17, 15) is 0 Å². The van der Waals surface area contributed by atoms with E-state index in [1.807, 2.05) is 19.2 Å². The van der Waals surface area contributed by atoms with Gasteiger partial charge in [0.15, 0.2) is 0 Å². The quantitative estimate of drug-likeness (QED) is 0.253. The molecule has 0 radical (unpaired) electrons. The van der Waals surface area contributed by atoms with Crippen LogP contribution in [0.1, 0.15) is 13.3 Å². The molecule has 0 aromatic carbocycles. The summed E-state index contributed by atoms with van der Waals surface area (Å²) in [5, 5.41) is 0. The maximum absolute atomic E-state index is 8.52. The van der Waals surface area contributed by atoms with Crippen molar-refractivity contribution in [2.24, 2.45) is 0 Å². The van der Waals surface area contributed by atoms with Crippen LogP contribution in [-0.4, -0.2) is 38.3 Å². The van der Waals surface area contributed by atoms with Gasteiger partial charge in [-0.25, -0.2) is 0 Å². The van der Waals surface area contributed by atoms with E-state index in [-0.39, 0.29) is 31.9 Å². The van der Waals surface area contributed by atoms with Gasteiger partial charge in [0.05, 0.1) is 6.42 Å². The van der Waals surface area contributed by atoms with Gasteiger partial charge in [-0.15, -0.1) is 12.4 Å². The fourth-order valence-corrected chi connectivity index (χ4v) is 1.07. The molecule has 1 aliphatic carbocycles. The van der Waals surface area contributed by atoms with Gasteiger partial charge in [0, 0.05) is 54.2 Å². The van der Waals surface area contributed by atoms with Gasteiger partial charge in [0.25, 0.3) is 27.3 Å². The van der Waals surface area contributed by atoms with Crippen molar-refractivity contribution < 1.29 is 73.8 Å². The fraction of sp³-hybridized carbons (Fsp3) is 0.444. The summed E-state index contributed by atoms with van der Waals surface area (Å²) in [5.74, 6) is 0. The Morgan fingerprint density at radius 1 is 1.23 bits per heavy atom. The van der Waals surface area contributed by atoms with Crippen molar-refractivity contribution in [3.8, 4) is 0 Å². The van der Waals surface area contributed by atoms with Gasteiger partial charge in [-0.2, -0.15) is 4.79 Å². The number of halogens is 3. The summed E-state index contributed by atoms with van der Waals surface area (Å²) < 4.78 is 47.9. The second-order valence-electron chi connectivity index (χ2n) is 3.17. The number of hydrogen-bond donors (Lipinski definition) is 2. The van der Waals surface area contributed by atoms with Gasteiger partial charge in [-0.1, -0.05) is 0 Å². The predicted octanol–water partition coefficient (Wildman–Crippen LogP) is -4.00. The number of rotatable bonds is 2. The molecule has 1 rings (SSSR count). The minimum Gasteiger partial charge on any atom is -0.375 e. The molecule has 2 N–H and O–H groups in total. The second-order valence-corrected chi connectivity index (χ2v) is 3.98. The van der Waals surface area contributed by atoms with E-state index >= 15 is 0 Å². The third-order valence-electron chi connectivity index (χ3n) is 2.01. The van der Waals surface area contributed by atoms with E-state index in [0.29, 0.717) is 12.1 Å². The Hall–Kier alpha value is -0.0866. The molecule has 0 saturated carbocycles. The number of nitrogens with zero attached hydrogens (tertiary/aromatic N) is 3. The predicted molar refractivity (Wildman–Crippen MR) is 60.5 cm³/mol. The first-order chi connectivity index (χ1) is 9.24. The van der Waals surface area contributed by atoms with Crippen molar-refractivity contribution >= 4 is 18.1 Å². The molecule has 9 nitrogen and oxygen atoms in total. The first-order valence-electron chi connectivity index (χ1n) is 5.03. The van der Waals surface area contributed by atoms with Crippen LogP contribution >= 0.6 is 12.4 Å². The third-order valence-corrected chi connectivity index (χ3v) is 2.01. The molecule has 13 heteroatoms. The van der Waals surface area contributed by atoms with Crippen molar-refractivity contribution in [2.75, 3.05) is 13.6 Å². The van der Waals surface area contributed by atoms with Crippen molar-refractivity contribution in [2.45, 2.75) is 13.3 Å². The van der Waals surface area contributed by atoms with Crippen LogP contribution in [0.15, 0.2) is 23.9 Å². The van der Waals surface area contributed by atoms with Crippen LogP contribution in [0.25, 0.3) is 5.53 Å². The summed E-state index contributed by atoms with van der Waals surface area (Å²) in [6.45, 7) is 3.09. The molecule has 0 heterocycles. The van der Waals surface area contributed by atoms with Crippen molar-refractivity contribution in [3.63, 3.8) is 0 Å². The average molecular weight is 434 g/mol. The Morgan fingerprint density at radius 3 is 1.86 bits per heavy atom. The Morgan fingerprint density at radius 2 is 1.64 bits per heavy atom. The fourth-order valence-electron chi connectivity index (χ4n) is 1.07. The van der Waals surface area contributed by atoms with E-state index < -0.39 is 21.6 Å². The van der Waals surface area contributed by atoms with Gasteiger partial charge >= 0.3 is 0 Å². The van der Waals surface area contributed by atoms with Crippen molar-refractivity contribution in [3.05, 3.63) is 29.5 Å². The summed E-state index contributed by atoms with van der Waals surface area (Å²) in [6, 6.07) is 0. The molecular formula is C9H16Cl3N3O6Zn. The molecule has 1 aliphatic rings. The minimum atomic E-state index is -2.60. The van der Waals surface area contributed by atoms with Crippen LogP contribution in [0.3, 0.4) is 0 Å². The zero-order chi connectivity index (χ0) is 16.1. The van der Waals surface area contributed by atoms with Gasteiger partial charge < -0.3 is 29.1 Å². The van der Waals surface area contributed by atoms with Gasteiger partial charge in [-0.3, -0.25) is 0 Å². The first kappa shape index (κ1) is 29.9. The monoisotopic (exact) mass is 431 g/mol. The molecule has 0 fully saturated rings. The number of allylic oxidation sites excluding steroid dienone is 3. The maximum Gasteiger partial charge on any atom is 0.295 e. The maximum atomic E-state index is 8.52. The molecular weight excluding hydrogens is 418 g/mol. The van der Waals surface area contributed by atoms with Crippen molar-refractivity contribution in [1.29, 1.82) is 0 Å². The van der Waals surface area contributed by atoms with Crippen LogP contribution in [0, 0.1) is 21.6 Å². The van der Waals surface area contributed by atoms with E-state index in [4.69, 9.17) is 33.5 Å². The van der Waals surface area contributed by atoms with E-state index in [1.165, 1.54) is 5.70 Å². The molecule has 0 aromatic rings. The van der Waals surface area contributed by atoms with E-state index in [0.717, 1.165) is 6.54 Å². The molecule has 0 aromatic heterocycles. The largest absolute Gasteiger partial charge is 0.375 e. The first-order valence-corrected chi connectivity index (χ1v) is 6.94. The van der Waals surface area contributed by atoms with Crippen LogP contribution in [0.2, 0.25) is 0 Å². The molecule has 0 spiro atoms. The normalized spacial score (nSPS) is 11.7. The zero-order valence-electron chi connectivity index (χ0n) is 11.9. The molecule has 0 atom stereocenters. The summed E-state index contributed by atoms with van der Waals surface area (Å²) in [4.78, 5) is 5.28. The van der Waals surface area contributed by atoms with Crippen LogP contribution in [0.5, 0.6) is 0 Å². The van der Waals surface area contributed by atoms with Gasteiger partial charge in [-0.05, 0) is 19.1 Å². The summed E-state index contributed by atoms with van der Waals surface area (Å²) >= 11 is 0. The van der Waals surface area contributed by atoms with Gasteiger partial charge in [0.1, 0.15) is 0 Å². The second kappa shape index (κ2) is 19.0. The average Bonchev–Trinajstić information content (AvgIpc) is 2.36. The van der Waals surface area contributed by atoms with Crippen LogP contribution in [-0.2, 0) is 19.5 Å². The molecule has 0 bridgehead atoms. The van der Waals surface area contributed by atoms with Crippen LogP contribution < -0.4 is 18.6 Å². The molecule has 22 heavy (non-hydrogen) atoms. The number of likely N-dealkylation sites (N-methyl/N-ethyl adjacent to an activating group) is 1. The SMILES string of the molecule is CCN(C)C1=CCC(=[N+]=[N-])C=C1.Cl.[O-][Cl+2]([O-])O.[O-][Cl+2]([O-])O.[Zn]. The minimum absolute atomic E-state index is 0. The molecule has 0 unspecified atom stereocenters. The van der Waals surface area contributed by atoms with Crippen molar-refractivity contribution in [1.82, 2.24) is 4.90 Å². The topological polar surface area (TPSA) is 172 Å². The standard InChI is InChI=1S/C9H13N3.2ClHO3.ClH.Zn/c1-3-12(2)9-6-4-8(11-10)5-7-9;2*2-1(3)4;;/h4,6-7H,3,5H2,1-2H3;2*2H;1H;. The Bertz CT molecular complexity index is 366. The molecule has 0 saturated heterocycles. The smallest absolute Gasteiger partial charge is 0.295 e. The summed E-state index contributed by atoms with van der Waals surface area (Å²) in [6.07, 6.45) is 6.56. The van der Waals surface area contributed by atoms with Gasteiger partial charge in [0.2, 0.25) is 0 Å². The Labute approximate surface area is 153 Å². The Balaban J connectivity index is -0.000000138. The zero-order valence-corrected chi connectivity index (χ0v) is 17.2. The Kier molecular flexibility index (Phi) is 25.7. The summed E-state index contributed by atoms with van der Waals surface area (Å²) in [5.41, 5.74) is 10.4. The van der Waals surface area contributed by atoms with E-state index in [2.05, 4.69) is 22.7 Å². The molecule has 0 amide bonds. The third kappa shape index (κ3) is 22.2. The summed E-state index contributed by atoms with van der Waals surface area (Å²) in [7, 11) is -3.16. The van der Waals surface area contributed by atoms with E-state index in [1.54, 1.807) is 0 Å².